The number of carbonyl (C=O) groups excluding carboxylic acids is 1. The highest BCUT2D eigenvalue weighted by atomic mass is 16.6. The van der Waals surface area contributed by atoms with Crippen molar-refractivity contribution in [1.82, 2.24) is 5.32 Å². The number of amides is 1. The molecule has 0 bridgehead atoms. The Labute approximate surface area is 163 Å². The average molecular weight is 381 g/mol. The number of carboxylic acid groups (broad SMARTS) is 1. The van der Waals surface area contributed by atoms with Crippen molar-refractivity contribution in [2.75, 3.05) is 13.2 Å². The van der Waals surface area contributed by atoms with Crippen molar-refractivity contribution in [1.29, 1.82) is 0 Å². The molecular weight excluding hydrogens is 358 g/mol. The second-order valence-corrected chi connectivity index (χ2v) is 7.25. The zero-order chi connectivity index (χ0) is 19.5. The van der Waals surface area contributed by atoms with E-state index in [9.17, 15) is 14.7 Å². The van der Waals surface area contributed by atoms with Gasteiger partial charge in [-0.25, -0.2) is 9.59 Å². The lowest BCUT2D eigenvalue weighted by Gasteiger charge is -2.27. The maximum atomic E-state index is 12.2. The van der Waals surface area contributed by atoms with Crippen molar-refractivity contribution in [2.45, 2.75) is 37.3 Å². The van der Waals surface area contributed by atoms with Crippen LogP contribution >= 0.6 is 0 Å². The first-order valence-corrected chi connectivity index (χ1v) is 9.59. The second-order valence-electron chi connectivity index (χ2n) is 7.25. The monoisotopic (exact) mass is 381 g/mol. The Kier molecular flexibility index (Phi) is 5.30. The number of benzene rings is 2. The molecule has 0 spiro atoms. The third kappa shape index (κ3) is 3.73. The number of nitrogens with one attached hydrogen (secondary N) is 1. The fraction of sp³-hybridized carbons (Fsp3) is 0.364. The van der Waals surface area contributed by atoms with Crippen LogP contribution in [0.3, 0.4) is 0 Å². The summed E-state index contributed by atoms with van der Waals surface area (Å²) < 4.78 is 10.9. The van der Waals surface area contributed by atoms with Gasteiger partial charge >= 0.3 is 12.1 Å². The van der Waals surface area contributed by atoms with Crippen molar-refractivity contribution in [3.8, 4) is 11.1 Å². The van der Waals surface area contributed by atoms with Gasteiger partial charge in [-0.2, -0.15) is 0 Å². The molecule has 6 heteroatoms. The topological polar surface area (TPSA) is 84.9 Å². The highest BCUT2D eigenvalue weighted by Crippen LogP contribution is 2.44. The molecule has 2 aromatic carbocycles. The van der Waals surface area contributed by atoms with E-state index in [2.05, 4.69) is 17.4 Å². The predicted octanol–water partition coefficient (Wildman–Crippen LogP) is 3.55. The molecular formula is C22H23NO5. The third-order valence-electron chi connectivity index (χ3n) is 5.48. The van der Waals surface area contributed by atoms with Crippen LogP contribution in [0.5, 0.6) is 0 Å². The first-order chi connectivity index (χ1) is 13.6. The summed E-state index contributed by atoms with van der Waals surface area (Å²) in [6.07, 6.45) is 2.34. The van der Waals surface area contributed by atoms with Crippen LogP contribution in [0, 0.1) is 0 Å². The number of hydrogen-bond donors (Lipinski definition) is 2. The van der Waals surface area contributed by atoms with Gasteiger partial charge in [0.1, 0.15) is 6.61 Å². The lowest BCUT2D eigenvalue weighted by Crippen LogP contribution is -2.45. The molecule has 28 heavy (non-hydrogen) atoms. The molecule has 0 aromatic heterocycles. The van der Waals surface area contributed by atoms with Gasteiger partial charge in [-0.05, 0) is 41.5 Å². The Morgan fingerprint density at radius 3 is 2.18 bits per heavy atom. The molecule has 2 aliphatic carbocycles. The second kappa shape index (κ2) is 8.02. The van der Waals surface area contributed by atoms with E-state index in [1.54, 1.807) is 0 Å². The molecule has 6 nitrogen and oxygen atoms in total. The Hall–Kier alpha value is -2.86. The summed E-state index contributed by atoms with van der Waals surface area (Å²) in [5, 5.41) is 11.7. The van der Waals surface area contributed by atoms with Gasteiger partial charge in [-0.1, -0.05) is 48.5 Å². The minimum Gasteiger partial charge on any atom is -0.480 e. The zero-order valence-electron chi connectivity index (χ0n) is 15.5. The number of hydrogen-bond acceptors (Lipinski definition) is 4. The van der Waals surface area contributed by atoms with Crippen LogP contribution in [0.2, 0.25) is 0 Å². The summed E-state index contributed by atoms with van der Waals surface area (Å²) in [4.78, 5) is 23.6. The smallest absolute Gasteiger partial charge is 0.407 e. The summed E-state index contributed by atoms with van der Waals surface area (Å²) in [7, 11) is 0. The molecule has 1 atom stereocenters. The predicted molar refractivity (Wildman–Crippen MR) is 103 cm³/mol. The van der Waals surface area contributed by atoms with Gasteiger partial charge in [-0.15, -0.1) is 0 Å². The van der Waals surface area contributed by atoms with Gasteiger partial charge in [0.25, 0.3) is 0 Å². The molecule has 1 fully saturated rings. The molecule has 0 saturated heterocycles. The molecule has 146 valence electrons. The highest BCUT2D eigenvalue weighted by Gasteiger charge is 2.30. The Morgan fingerprint density at radius 1 is 1.04 bits per heavy atom. The molecule has 0 radical (unpaired) electrons. The molecule has 2 aromatic rings. The largest absolute Gasteiger partial charge is 0.480 e. The minimum atomic E-state index is -1.13. The van der Waals surface area contributed by atoms with Gasteiger partial charge in [-0.3, -0.25) is 0 Å². The van der Waals surface area contributed by atoms with E-state index >= 15 is 0 Å². The van der Waals surface area contributed by atoms with E-state index in [1.165, 1.54) is 0 Å². The lowest BCUT2D eigenvalue weighted by molar-refractivity contribution is -0.142. The number of carbonyl (C=O) groups is 2. The minimum absolute atomic E-state index is 0.0514. The maximum absolute atomic E-state index is 12.2. The molecule has 0 unspecified atom stereocenters. The SMILES string of the molecule is O=C(N[C@H](COC1CCC1)C(=O)O)OCC1c2ccccc2-c2ccccc21. The number of rotatable bonds is 7. The number of aliphatic carboxylic acids is 1. The van der Waals surface area contributed by atoms with E-state index in [-0.39, 0.29) is 25.2 Å². The lowest BCUT2D eigenvalue weighted by atomic mass is 9.96. The third-order valence-corrected chi connectivity index (χ3v) is 5.48. The van der Waals surface area contributed by atoms with Crippen LogP contribution in [-0.2, 0) is 14.3 Å². The van der Waals surface area contributed by atoms with Crippen LogP contribution in [0.1, 0.15) is 36.3 Å². The fourth-order valence-electron chi connectivity index (χ4n) is 3.73. The van der Waals surface area contributed by atoms with Crippen molar-refractivity contribution < 1.29 is 24.2 Å². The quantitative estimate of drug-likeness (QED) is 0.766. The average Bonchev–Trinajstić information content (AvgIpc) is 2.98. The molecule has 0 heterocycles. The first kappa shape index (κ1) is 18.5. The van der Waals surface area contributed by atoms with Gasteiger partial charge < -0.3 is 19.9 Å². The van der Waals surface area contributed by atoms with Crippen LogP contribution in [0.15, 0.2) is 48.5 Å². The summed E-state index contributed by atoms with van der Waals surface area (Å²) in [5.74, 6) is -1.19. The number of alkyl carbamates (subject to hydrolysis) is 1. The molecule has 2 N–H and O–H groups in total. The van der Waals surface area contributed by atoms with E-state index < -0.39 is 18.1 Å². The van der Waals surface area contributed by atoms with Crippen molar-refractivity contribution in [3.63, 3.8) is 0 Å². The summed E-state index contributed by atoms with van der Waals surface area (Å²) in [5.41, 5.74) is 4.51. The van der Waals surface area contributed by atoms with Gasteiger partial charge in [0.2, 0.25) is 0 Å². The zero-order valence-corrected chi connectivity index (χ0v) is 15.5. The molecule has 1 amide bonds. The van der Waals surface area contributed by atoms with Gasteiger partial charge in [0.15, 0.2) is 6.04 Å². The highest BCUT2D eigenvalue weighted by molar-refractivity contribution is 5.81. The number of ether oxygens (including phenoxy) is 2. The summed E-state index contributed by atoms with van der Waals surface area (Å²) in [6, 6.07) is 15.0. The van der Waals surface area contributed by atoms with Gasteiger partial charge in [0.05, 0.1) is 12.7 Å². The Morgan fingerprint density at radius 2 is 1.64 bits per heavy atom. The van der Waals surface area contributed by atoms with Crippen molar-refractivity contribution >= 4 is 12.1 Å². The first-order valence-electron chi connectivity index (χ1n) is 9.59. The van der Waals surface area contributed by atoms with Crippen LogP contribution in [-0.4, -0.2) is 42.5 Å². The van der Waals surface area contributed by atoms with Crippen LogP contribution in [0.4, 0.5) is 4.79 Å². The molecule has 0 aliphatic heterocycles. The standard InChI is InChI=1S/C22H23NO5/c24-21(25)20(13-27-14-6-5-7-14)23-22(26)28-12-19-17-10-3-1-8-15(17)16-9-2-4-11-18(16)19/h1-4,8-11,14,19-20H,5-7,12-13H2,(H,23,26)(H,24,25)/t20-/m1/s1. The van der Waals surface area contributed by atoms with E-state index in [1.807, 2.05) is 36.4 Å². The van der Waals surface area contributed by atoms with Crippen LogP contribution < -0.4 is 5.32 Å². The molecule has 2 aliphatic rings. The summed E-state index contributed by atoms with van der Waals surface area (Å²) >= 11 is 0. The number of carboxylic acids is 1. The van der Waals surface area contributed by atoms with E-state index in [4.69, 9.17) is 9.47 Å². The Bertz CT molecular complexity index is 831. The van der Waals surface area contributed by atoms with Gasteiger partial charge in [0, 0.05) is 5.92 Å². The number of fused-ring (bicyclic) bond motifs is 3. The van der Waals surface area contributed by atoms with Crippen molar-refractivity contribution in [3.05, 3.63) is 59.7 Å². The summed E-state index contributed by atoms with van der Waals surface area (Å²) in [6.45, 7) is 0.0971. The van der Waals surface area contributed by atoms with E-state index in [0.717, 1.165) is 41.5 Å². The maximum Gasteiger partial charge on any atom is 0.407 e. The van der Waals surface area contributed by atoms with Crippen LogP contribution in [0.25, 0.3) is 11.1 Å². The Balaban J connectivity index is 1.38. The van der Waals surface area contributed by atoms with Crippen molar-refractivity contribution in [2.24, 2.45) is 0 Å². The molecule has 1 saturated carbocycles. The molecule has 4 rings (SSSR count). The fourth-order valence-corrected chi connectivity index (χ4v) is 3.73. The van der Waals surface area contributed by atoms with E-state index in [0.29, 0.717) is 0 Å². The normalized spacial score (nSPS) is 16.6.